The second-order valence-electron chi connectivity index (χ2n) is 5.43. The monoisotopic (exact) mass is 323 g/mol. The van der Waals surface area contributed by atoms with Crippen LogP contribution in [-0.4, -0.2) is 36.5 Å². The first-order chi connectivity index (χ1) is 9.65. The van der Waals surface area contributed by atoms with Gasteiger partial charge >= 0.3 is 0 Å². The summed E-state index contributed by atoms with van der Waals surface area (Å²) < 4.78 is 65.5. The maximum atomic E-state index is 13.7. The predicted octanol–water partition coefficient (Wildman–Crippen LogP) is 2.03. The maximum Gasteiger partial charge on any atom is 0.246 e. The van der Waals surface area contributed by atoms with Crippen molar-refractivity contribution in [3.63, 3.8) is 0 Å². The van der Waals surface area contributed by atoms with Crippen LogP contribution in [0.1, 0.15) is 26.2 Å². The van der Waals surface area contributed by atoms with Crippen molar-refractivity contribution in [2.45, 2.75) is 36.7 Å². The molecule has 1 unspecified atom stereocenters. The highest BCUT2D eigenvalue weighted by atomic mass is 32.2. The van der Waals surface area contributed by atoms with Gasteiger partial charge in [-0.05, 0) is 38.3 Å². The van der Waals surface area contributed by atoms with E-state index in [9.17, 15) is 26.7 Å². The van der Waals surface area contributed by atoms with E-state index in [4.69, 9.17) is 0 Å². The highest BCUT2D eigenvalue weighted by Crippen LogP contribution is 2.27. The van der Waals surface area contributed by atoms with Gasteiger partial charge in [0.05, 0.1) is 5.60 Å². The lowest BCUT2D eigenvalue weighted by molar-refractivity contribution is 0.0465. The molecule has 0 amide bonds. The molecule has 0 aliphatic carbocycles. The summed E-state index contributed by atoms with van der Waals surface area (Å²) in [6.45, 7) is 1.69. The van der Waals surface area contributed by atoms with Gasteiger partial charge in [-0.25, -0.2) is 21.6 Å². The molecule has 1 saturated heterocycles. The number of benzene rings is 1. The minimum atomic E-state index is -4.26. The summed E-state index contributed by atoms with van der Waals surface area (Å²) in [5.41, 5.74) is -0.989. The molecule has 0 saturated carbocycles. The fourth-order valence-corrected chi connectivity index (χ4v) is 3.86. The van der Waals surface area contributed by atoms with Gasteiger partial charge in [0.2, 0.25) is 10.0 Å². The number of hydrogen-bond acceptors (Lipinski definition) is 3. The summed E-state index contributed by atoms with van der Waals surface area (Å²) in [5, 5.41) is 9.94. The minimum absolute atomic E-state index is 0.00618. The normalized spacial score (nSPS) is 24.8. The van der Waals surface area contributed by atoms with Crippen LogP contribution in [0.5, 0.6) is 0 Å². The van der Waals surface area contributed by atoms with Gasteiger partial charge in [0, 0.05) is 13.1 Å². The fraction of sp³-hybridized carbons (Fsp3) is 0.538. The topological polar surface area (TPSA) is 57.6 Å². The summed E-state index contributed by atoms with van der Waals surface area (Å²) in [5.74, 6) is -4.96. The molecule has 1 N–H and O–H groups in total. The van der Waals surface area contributed by atoms with Crippen LogP contribution in [0.15, 0.2) is 17.0 Å². The van der Waals surface area contributed by atoms with Crippen LogP contribution in [0.25, 0.3) is 0 Å². The second-order valence-corrected chi connectivity index (χ2v) is 7.33. The zero-order valence-corrected chi connectivity index (χ0v) is 12.3. The van der Waals surface area contributed by atoms with E-state index in [1.807, 2.05) is 0 Å². The highest BCUT2D eigenvalue weighted by molar-refractivity contribution is 7.89. The number of aliphatic hydroxyl groups is 1. The third-order valence-corrected chi connectivity index (χ3v) is 5.56. The van der Waals surface area contributed by atoms with E-state index in [0.717, 1.165) is 4.31 Å². The standard InChI is InChI=1S/C13H16F3NO3S/c1-13(18)5-2-7-17(8-6-13)21(19,20)10-4-3-9(14)11(15)12(10)16/h3-4,18H,2,5-8H2,1H3. The molecule has 1 fully saturated rings. The number of rotatable bonds is 2. The van der Waals surface area contributed by atoms with Gasteiger partial charge in [-0.3, -0.25) is 0 Å². The number of hydrogen-bond donors (Lipinski definition) is 1. The summed E-state index contributed by atoms with van der Waals surface area (Å²) in [4.78, 5) is -0.886. The molecule has 1 aromatic rings. The van der Waals surface area contributed by atoms with Crippen LogP contribution in [0, 0.1) is 17.5 Å². The molecule has 1 aromatic carbocycles. The lowest BCUT2D eigenvalue weighted by Crippen LogP contribution is -2.34. The van der Waals surface area contributed by atoms with Crippen LogP contribution in [-0.2, 0) is 10.0 Å². The molecule has 8 heteroatoms. The molecule has 0 spiro atoms. The van der Waals surface area contributed by atoms with Crippen molar-refractivity contribution in [2.24, 2.45) is 0 Å². The Kier molecular flexibility index (Phi) is 4.32. The predicted molar refractivity (Wildman–Crippen MR) is 69.5 cm³/mol. The Morgan fingerprint density at radius 1 is 1.14 bits per heavy atom. The van der Waals surface area contributed by atoms with Gasteiger partial charge in [-0.15, -0.1) is 0 Å². The maximum absolute atomic E-state index is 13.7. The van der Waals surface area contributed by atoms with E-state index in [-0.39, 0.29) is 19.5 Å². The number of sulfonamides is 1. The van der Waals surface area contributed by atoms with E-state index >= 15 is 0 Å². The third-order valence-electron chi connectivity index (χ3n) is 3.64. The lowest BCUT2D eigenvalue weighted by atomic mass is 9.98. The van der Waals surface area contributed by atoms with Gasteiger partial charge in [0.1, 0.15) is 4.90 Å². The quantitative estimate of drug-likeness (QED) is 0.847. The number of halogens is 3. The van der Waals surface area contributed by atoms with Gasteiger partial charge in [0.15, 0.2) is 17.5 Å². The van der Waals surface area contributed by atoms with Gasteiger partial charge in [-0.2, -0.15) is 4.31 Å². The van der Waals surface area contributed by atoms with E-state index in [2.05, 4.69) is 0 Å². The summed E-state index contributed by atoms with van der Waals surface area (Å²) in [6.07, 6.45) is 1.01. The molecule has 1 aliphatic rings. The Morgan fingerprint density at radius 2 is 1.81 bits per heavy atom. The zero-order chi connectivity index (χ0) is 15.8. The first-order valence-corrected chi connectivity index (χ1v) is 7.95. The lowest BCUT2D eigenvalue weighted by Gasteiger charge is -2.22. The molecular weight excluding hydrogens is 307 g/mol. The Balaban J connectivity index is 2.37. The Morgan fingerprint density at radius 3 is 2.48 bits per heavy atom. The van der Waals surface area contributed by atoms with Crippen LogP contribution < -0.4 is 0 Å². The van der Waals surface area contributed by atoms with Crippen LogP contribution >= 0.6 is 0 Å². The average Bonchev–Trinajstić information content (AvgIpc) is 2.57. The van der Waals surface area contributed by atoms with E-state index in [1.54, 1.807) is 6.92 Å². The molecule has 2 rings (SSSR count). The molecule has 1 heterocycles. The van der Waals surface area contributed by atoms with Crippen LogP contribution in [0.3, 0.4) is 0 Å². The molecule has 0 aromatic heterocycles. The molecular formula is C13H16F3NO3S. The SMILES string of the molecule is CC1(O)CCCN(S(=O)(=O)c2ccc(F)c(F)c2F)CC1. The largest absolute Gasteiger partial charge is 0.390 e. The molecule has 1 atom stereocenters. The summed E-state index contributed by atoms with van der Waals surface area (Å²) in [7, 11) is -4.26. The van der Waals surface area contributed by atoms with Gasteiger partial charge in [0.25, 0.3) is 0 Å². The third kappa shape index (κ3) is 3.22. The highest BCUT2D eigenvalue weighted by Gasteiger charge is 2.34. The Hall–Kier alpha value is -1.12. The molecule has 0 bridgehead atoms. The molecule has 4 nitrogen and oxygen atoms in total. The van der Waals surface area contributed by atoms with Crippen molar-refractivity contribution in [1.29, 1.82) is 0 Å². The van der Waals surface area contributed by atoms with Crippen molar-refractivity contribution >= 4 is 10.0 Å². The average molecular weight is 323 g/mol. The van der Waals surface area contributed by atoms with Gasteiger partial charge in [-0.1, -0.05) is 0 Å². The summed E-state index contributed by atoms with van der Waals surface area (Å²) in [6, 6.07) is 1.30. The van der Waals surface area contributed by atoms with E-state index < -0.39 is 38.0 Å². The minimum Gasteiger partial charge on any atom is -0.390 e. The fourth-order valence-electron chi connectivity index (χ4n) is 2.33. The smallest absolute Gasteiger partial charge is 0.246 e. The summed E-state index contributed by atoms with van der Waals surface area (Å²) >= 11 is 0. The van der Waals surface area contributed by atoms with Crippen LogP contribution in [0.2, 0.25) is 0 Å². The zero-order valence-electron chi connectivity index (χ0n) is 11.4. The molecule has 0 radical (unpaired) electrons. The molecule has 21 heavy (non-hydrogen) atoms. The van der Waals surface area contributed by atoms with E-state index in [0.29, 0.717) is 25.0 Å². The van der Waals surface area contributed by atoms with Crippen molar-refractivity contribution < 1.29 is 26.7 Å². The Labute approximate surface area is 121 Å². The first kappa shape index (κ1) is 16.3. The van der Waals surface area contributed by atoms with Crippen molar-refractivity contribution in [1.82, 2.24) is 4.31 Å². The Bertz CT molecular complexity index is 646. The first-order valence-electron chi connectivity index (χ1n) is 6.51. The van der Waals surface area contributed by atoms with Crippen molar-refractivity contribution in [3.8, 4) is 0 Å². The second kappa shape index (κ2) is 5.58. The van der Waals surface area contributed by atoms with Crippen molar-refractivity contribution in [2.75, 3.05) is 13.1 Å². The van der Waals surface area contributed by atoms with Crippen molar-refractivity contribution in [3.05, 3.63) is 29.6 Å². The number of nitrogens with zero attached hydrogens (tertiary/aromatic N) is 1. The van der Waals surface area contributed by atoms with Crippen LogP contribution in [0.4, 0.5) is 13.2 Å². The molecule has 1 aliphatic heterocycles. The van der Waals surface area contributed by atoms with Gasteiger partial charge < -0.3 is 5.11 Å². The van der Waals surface area contributed by atoms with E-state index in [1.165, 1.54) is 0 Å². The molecule has 118 valence electrons.